The van der Waals surface area contributed by atoms with Gasteiger partial charge in [-0.15, -0.1) is 0 Å². The van der Waals surface area contributed by atoms with Gasteiger partial charge in [-0.3, -0.25) is 4.79 Å². The quantitative estimate of drug-likeness (QED) is 0.707. The van der Waals surface area contributed by atoms with Crippen molar-refractivity contribution in [1.29, 1.82) is 0 Å². The molecule has 0 saturated carbocycles. The van der Waals surface area contributed by atoms with Gasteiger partial charge in [0.25, 0.3) is 5.91 Å². The smallest absolute Gasteiger partial charge is 0.254 e. The highest BCUT2D eigenvalue weighted by Crippen LogP contribution is 2.23. The second-order valence-electron chi connectivity index (χ2n) is 7.68. The summed E-state index contributed by atoms with van der Waals surface area (Å²) in [4.78, 5) is 17.5. The fourth-order valence-electron chi connectivity index (χ4n) is 3.87. The van der Waals surface area contributed by atoms with Gasteiger partial charge in [0, 0.05) is 50.5 Å². The molecule has 7 heteroatoms. The molecule has 1 aliphatic rings. The van der Waals surface area contributed by atoms with Crippen LogP contribution in [-0.4, -0.2) is 62.8 Å². The van der Waals surface area contributed by atoms with Gasteiger partial charge in [-0.25, -0.2) is 8.42 Å². The zero-order valence-electron chi connectivity index (χ0n) is 18.3. The second kappa shape index (κ2) is 9.18. The third kappa shape index (κ3) is 4.52. The molecule has 0 unspecified atom stereocenters. The van der Waals surface area contributed by atoms with Crippen LogP contribution in [0.5, 0.6) is 0 Å². The van der Waals surface area contributed by atoms with Crippen LogP contribution in [0.25, 0.3) is 0 Å². The highest BCUT2D eigenvalue weighted by Gasteiger charge is 2.27. The van der Waals surface area contributed by atoms with E-state index in [1.165, 1.54) is 21.6 Å². The molecule has 30 heavy (non-hydrogen) atoms. The molecular weight excluding hydrogens is 398 g/mol. The van der Waals surface area contributed by atoms with E-state index in [0.717, 1.165) is 18.7 Å². The van der Waals surface area contributed by atoms with Crippen molar-refractivity contribution in [3.05, 3.63) is 59.2 Å². The first-order valence-electron chi connectivity index (χ1n) is 10.5. The number of carbonyl (C=O) groups is 1. The van der Waals surface area contributed by atoms with E-state index in [1.807, 2.05) is 31.7 Å². The number of amides is 1. The minimum Gasteiger partial charge on any atom is -0.368 e. The zero-order valence-corrected chi connectivity index (χ0v) is 19.1. The molecular formula is C23H31N3O3S. The average molecular weight is 430 g/mol. The van der Waals surface area contributed by atoms with Crippen molar-refractivity contribution in [3.8, 4) is 0 Å². The monoisotopic (exact) mass is 429 g/mol. The normalized spacial score (nSPS) is 15.0. The van der Waals surface area contributed by atoms with Crippen molar-refractivity contribution in [2.45, 2.75) is 32.6 Å². The first-order valence-corrected chi connectivity index (χ1v) is 11.9. The van der Waals surface area contributed by atoms with E-state index >= 15 is 0 Å². The molecule has 0 N–H and O–H groups in total. The summed E-state index contributed by atoms with van der Waals surface area (Å²) in [5.74, 6) is -0.104. The minimum absolute atomic E-state index is 0.104. The fraction of sp³-hybridized carbons (Fsp3) is 0.435. The van der Waals surface area contributed by atoms with E-state index in [1.54, 1.807) is 12.1 Å². The molecule has 0 radical (unpaired) electrons. The molecule has 1 heterocycles. The lowest BCUT2D eigenvalue weighted by molar-refractivity contribution is 0.0746. The lowest BCUT2D eigenvalue weighted by Gasteiger charge is -2.36. The van der Waals surface area contributed by atoms with Crippen LogP contribution in [0.1, 0.15) is 35.3 Å². The topological polar surface area (TPSA) is 60.9 Å². The first kappa shape index (κ1) is 22.3. The number of sulfonamides is 1. The molecule has 6 nitrogen and oxygen atoms in total. The molecule has 2 aromatic rings. The molecule has 1 fully saturated rings. The van der Waals surface area contributed by atoms with Crippen LogP contribution >= 0.6 is 0 Å². The van der Waals surface area contributed by atoms with Crippen molar-refractivity contribution in [1.82, 2.24) is 9.21 Å². The third-order valence-corrected chi connectivity index (χ3v) is 7.76. The number of piperazine rings is 1. The van der Waals surface area contributed by atoms with Crippen LogP contribution in [0.2, 0.25) is 0 Å². The number of carbonyl (C=O) groups excluding carboxylic acids is 1. The number of nitrogens with zero attached hydrogens (tertiary/aromatic N) is 3. The molecule has 0 bridgehead atoms. The maximum Gasteiger partial charge on any atom is 0.254 e. The van der Waals surface area contributed by atoms with Crippen molar-refractivity contribution in [2.75, 3.05) is 44.2 Å². The number of hydrogen-bond donors (Lipinski definition) is 0. The summed E-state index contributed by atoms with van der Waals surface area (Å²) in [7, 11) is -3.60. The Balaban J connectivity index is 1.78. The summed E-state index contributed by atoms with van der Waals surface area (Å²) in [6, 6.07) is 13.2. The number of hydrogen-bond acceptors (Lipinski definition) is 4. The van der Waals surface area contributed by atoms with Crippen molar-refractivity contribution in [3.63, 3.8) is 0 Å². The molecule has 0 spiro atoms. The summed E-state index contributed by atoms with van der Waals surface area (Å²) < 4.78 is 27.2. The summed E-state index contributed by atoms with van der Waals surface area (Å²) in [6.07, 6.45) is 0. The molecule has 1 aliphatic heterocycles. The predicted octanol–water partition coefficient (Wildman–Crippen LogP) is 3.30. The molecule has 1 amide bonds. The van der Waals surface area contributed by atoms with Gasteiger partial charge < -0.3 is 9.80 Å². The highest BCUT2D eigenvalue weighted by atomic mass is 32.2. The van der Waals surface area contributed by atoms with E-state index in [2.05, 4.69) is 30.0 Å². The summed E-state index contributed by atoms with van der Waals surface area (Å²) >= 11 is 0. The number of rotatable bonds is 6. The Morgan fingerprint density at radius 3 is 2.23 bits per heavy atom. The van der Waals surface area contributed by atoms with Gasteiger partial charge in [0.05, 0.1) is 4.90 Å². The van der Waals surface area contributed by atoms with E-state index < -0.39 is 10.0 Å². The highest BCUT2D eigenvalue weighted by molar-refractivity contribution is 7.89. The van der Waals surface area contributed by atoms with Crippen molar-refractivity contribution >= 4 is 21.6 Å². The van der Waals surface area contributed by atoms with Crippen LogP contribution in [0.3, 0.4) is 0 Å². The van der Waals surface area contributed by atoms with Crippen molar-refractivity contribution < 1.29 is 13.2 Å². The summed E-state index contributed by atoms with van der Waals surface area (Å²) in [6.45, 7) is 11.1. The van der Waals surface area contributed by atoms with Gasteiger partial charge >= 0.3 is 0 Å². The van der Waals surface area contributed by atoms with Gasteiger partial charge in [-0.05, 0) is 49.2 Å². The van der Waals surface area contributed by atoms with Crippen LogP contribution in [0.4, 0.5) is 5.69 Å². The Morgan fingerprint density at radius 1 is 0.967 bits per heavy atom. The van der Waals surface area contributed by atoms with Crippen LogP contribution < -0.4 is 4.90 Å². The van der Waals surface area contributed by atoms with E-state index in [4.69, 9.17) is 0 Å². The van der Waals surface area contributed by atoms with Gasteiger partial charge in [-0.2, -0.15) is 4.31 Å². The number of benzene rings is 2. The Kier molecular flexibility index (Phi) is 6.83. The lowest BCUT2D eigenvalue weighted by atomic mass is 10.1. The van der Waals surface area contributed by atoms with Gasteiger partial charge in [0.2, 0.25) is 10.0 Å². The Morgan fingerprint density at radius 2 is 1.63 bits per heavy atom. The van der Waals surface area contributed by atoms with Gasteiger partial charge in [0.15, 0.2) is 0 Å². The Labute approximate surface area is 180 Å². The molecule has 3 rings (SSSR count). The van der Waals surface area contributed by atoms with Crippen molar-refractivity contribution in [2.24, 2.45) is 0 Å². The zero-order chi connectivity index (χ0) is 21.9. The minimum atomic E-state index is -3.60. The number of anilines is 1. The Bertz CT molecular complexity index is 1010. The summed E-state index contributed by atoms with van der Waals surface area (Å²) in [5, 5.41) is 0. The molecule has 1 saturated heterocycles. The molecule has 0 aliphatic carbocycles. The molecule has 0 atom stereocenters. The molecule has 2 aromatic carbocycles. The molecule has 162 valence electrons. The standard InChI is InChI=1S/C23H31N3O3S/c1-5-26(6-2)30(28,29)21-11-10-19(4)22(17-21)23(27)25-14-12-24(13-15-25)20-9-7-8-18(3)16-20/h7-11,16-17H,5-6,12-15H2,1-4H3. The average Bonchev–Trinajstić information content (AvgIpc) is 2.74. The fourth-order valence-corrected chi connectivity index (χ4v) is 5.35. The largest absolute Gasteiger partial charge is 0.368 e. The predicted molar refractivity (Wildman–Crippen MR) is 121 cm³/mol. The van der Waals surface area contributed by atoms with Crippen LogP contribution in [0, 0.1) is 13.8 Å². The van der Waals surface area contributed by atoms with Gasteiger partial charge in [-0.1, -0.05) is 32.0 Å². The third-order valence-electron chi connectivity index (χ3n) is 5.72. The second-order valence-corrected chi connectivity index (χ2v) is 9.62. The van der Waals surface area contributed by atoms with Gasteiger partial charge in [0.1, 0.15) is 0 Å². The number of aryl methyl sites for hydroxylation is 2. The maximum absolute atomic E-state index is 13.2. The summed E-state index contributed by atoms with van der Waals surface area (Å²) in [5.41, 5.74) is 3.64. The Hall–Kier alpha value is -2.38. The SMILES string of the molecule is CCN(CC)S(=O)(=O)c1ccc(C)c(C(=O)N2CCN(c3cccc(C)c3)CC2)c1. The van der Waals surface area contributed by atoms with Crippen LogP contribution in [-0.2, 0) is 10.0 Å². The van der Waals surface area contributed by atoms with E-state index in [9.17, 15) is 13.2 Å². The van der Waals surface area contributed by atoms with Crippen LogP contribution in [0.15, 0.2) is 47.4 Å². The maximum atomic E-state index is 13.2. The molecule has 0 aromatic heterocycles. The van der Waals surface area contributed by atoms with E-state index in [0.29, 0.717) is 31.7 Å². The van der Waals surface area contributed by atoms with E-state index in [-0.39, 0.29) is 10.8 Å². The lowest BCUT2D eigenvalue weighted by Crippen LogP contribution is -2.49. The first-order chi connectivity index (χ1) is 14.3.